The predicted octanol–water partition coefficient (Wildman–Crippen LogP) is 2.32. The summed E-state index contributed by atoms with van der Waals surface area (Å²) in [5.41, 5.74) is 3.40. The Bertz CT molecular complexity index is 729. The summed E-state index contributed by atoms with van der Waals surface area (Å²) in [4.78, 5) is 15.5. The zero-order valence-corrected chi connectivity index (χ0v) is 11.4. The molecule has 0 radical (unpaired) electrons. The van der Waals surface area contributed by atoms with Crippen LogP contribution in [0.1, 0.15) is 25.2 Å². The summed E-state index contributed by atoms with van der Waals surface area (Å²) in [6, 6.07) is 2.08. The van der Waals surface area contributed by atoms with Crippen LogP contribution in [-0.4, -0.2) is 29.7 Å². The van der Waals surface area contributed by atoms with E-state index in [1.165, 1.54) is 0 Å². The third-order valence-electron chi connectivity index (χ3n) is 3.00. The van der Waals surface area contributed by atoms with Gasteiger partial charge in [0.15, 0.2) is 11.5 Å². The highest BCUT2D eigenvalue weighted by Gasteiger charge is 2.15. The molecule has 0 atom stereocenters. The second-order valence-electron chi connectivity index (χ2n) is 4.16. The van der Waals surface area contributed by atoms with E-state index in [2.05, 4.69) is 44.9 Å². The second-order valence-corrected chi connectivity index (χ2v) is 4.50. The molecule has 0 aromatic carbocycles. The Balaban J connectivity index is 2.28. The molecule has 98 valence electrons. The van der Waals surface area contributed by atoms with Crippen LogP contribution >= 0.6 is 11.6 Å². The van der Waals surface area contributed by atoms with Crippen molar-refractivity contribution < 1.29 is 0 Å². The number of hydrogen-bond donors (Lipinski definition) is 1. The average molecular weight is 277 g/mol. The molecule has 3 aromatic heterocycles. The van der Waals surface area contributed by atoms with Gasteiger partial charge in [-0.05, 0) is 30.5 Å². The normalized spacial score (nSPS) is 11.3. The summed E-state index contributed by atoms with van der Waals surface area (Å²) in [5.74, 6) is 0.643. The average Bonchev–Trinajstić information content (AvgIpc) is 3.03. The third kappa shape index (κ3) is 1.98. The molecule has 0 aliphatic rings. The topological polar surface area (TPSA) is 72.3 Å². The molecular weight excluding hydrogens is 264 g/mol. The molecule has 0 aliphatic carbocycles. The van der Waals surface area contributed by atoms with Gasteiger partial charge in [0, 0.05) is 5.69 Å². The molecule has 6 nitrogen and oxygen atoms in total. The van der Waals surface area contributed by atoms with E-state index < -0.39 is 0 Å². The number of aromatic amines is 1. The number of H-pyrrole nitrogens is 1. The van der Waals surface area contributed by atoms with E-state index in [1.54, 1.807) is 6.33 Å². The van der Waals surface area contributed by atoms with Crippen LogP contribution in [0.15, 0.2) is 12.4 Å². The van der Waals surface area contributed by atoms with Gasteiger partial charge in [-0.3, -0.25) is 0 Å². The quantitative estimate of drug-likeness (QED) is 0.745. The maximum absolute atomic E-state index is 5.95. The Morgan fingerprint density at radius 3 is 2.84 bits per heavy atom. The lowest BCUT2D eigenvalue weighted by atomic mass is 10.2. The first-order valence-electron chi connectivity index (χ1n) is 6.17. The number of nitrogens with one attached hydrogen (secondary N) is 1. The Labute approximate surface area is 114 Å². The molecule has 0 spiro atoms. The van der Waals surface area contributed by atoms with Crippen molar-refractivity contribution in [2.45, 2.75) is 26.7 Å². The second kappa shape index (κ2) is 4.62. The summed E-state index contributed by atoms with van der Waals surface area (Å²) >= 11 is 5.95. The van der Waals surface area contributed by atoms with Gasteiger partial charge in [-0.1, -0.05) is 13.8 Å². The van der Waals surface area contributed by atoms with Crippen LogP contribution < -0.4 is 0 Å². The van der Waals surface area contributed by atoms with Crippen molar-refractivity contribution in [3.63, 3.8) is 0 Å². The highest BCUT2D eigenvalue weighted by Crippen LogP contribution is 2.20. The number of fused-ring (bicyclic) bond motifs is 1. The first-order chi connectivity index (χ1) is 9.22. The molecule has 7 heteroatoms. The van der Waals surface area contributed by atoms with Crippen molar-refractivity contribution in [2.24, 2.45) is 0 Å². The van der Waals surface area contributed by atoms with Crippen molar-refractivity contribution >= 4 is 22.8 Å². The van der Waals surface area contributed by atoms with Crippen molar-refractivity contribution in [3.8, 4) is 5.82 Å². The molecule has 19 heavy (non-hydrogen) atoms. The number of aryl methyl sites for hydroxylation is 2. The van der Waals surface area contributed by atoms with Crippen LogP contribution in [0, 0.1) is 0 Å². The van der Waals surface area contributed by atoms with Gasteiger partial charge in [0.25, 0.3) is 0 Å². The lowest BCUT2D eigenvalue weighted by molar-refractivity contribution is 0.774. The molecule has 3 rings (SSSR count). The maximum atomic E-state index is 5.95. The fraction of sp³-hybridized carbons (Fsp3) is 0.333. The minimum atomic E-state index is 0.171. The van der Waals surface area contributed by atoms with E-state index in [1.807, 2.05) is 4.68 Å². The number of hydrogen-bond acceptors (Lipinski definition) is 4. The van der Waals surface area contributed by atoms with Crippen LogP contribution in [-0.2, 0) is 12.8 Å². The van der Waals surface area contributed by atoms with Crippen LogP contribution in [0.2, 0.25) is 5.28 Å². The zero-order valence-electron chi connectivity index (χ0n) is 10.7. The van der Waals surface area contributed by atoms with Crippen molar-refractivity contribution in [3.05, 3.63) is 29.1 Å². The number of halogens is 1. The molecule has 1 N–H and O–H groups in total. The van der Waals surface area contributed by atoms with Crippen LogP contribution in [0.3, 0.4) is 0 Å². The van der Waals surface area contributed by atoms with Gasteiger partial charge in [-0.15, -0.1) is 0 Å². The molecule has 0 aliphatic heterocycles. The van der Waals surface area contributed by atoms with Crippen LogP contribution in [0.5, 0.6) is 0 Å². The monoisotopic (exact) mass is 276 g/mol. The number of aromatic nitrogens is 6. The van der Waals surface area contributed by atoms with Crippen molar-refractivity contribution in [1.82, 2.24) is 29.7 Å². The molecule has 0 fully saturated rings. The zero-order chi connectivity index (χ0) is 13.4. The fourth-order valence-corrected chi connectivity index (χ4v) is 2.19. The van der Waals surface area contributed by atoms with E-state index in [4.69, 9.17) is 11.6 Å². The molecule has 3 aromatic rings. The SMILES string of the molecule is CCc1cc(CC)n(-c2nc(Cl)nc3nc[nH]c23)n1. The van der Waals surface area contributed by atoms with Crippen molar-refractivity contribution in [1.29, 1.82) is 0 Å². The van der Waals surface area contributed by atoms with E-state index in [0.29, 0.717) is 11.5 Å². The molecular formula is C12H13ClN6. The van der Waals surface area contributed by atoms with E-state index in [9.17, 15) is 0 Å². The lowest BCUT2D eigenvalue weighted by Gasteiger charge is -2.05. The summed E-state index contributed by atoms with van der Waals surface area (Å²) in [6.07, 6.45) is 3.32. The van der Waals surface area contributed by atoms with Crippen LogP contribution in [0.25, 0.3) is 17.0 Å². The molecule has 0 amide bonds. The fourth-order valence-electron chi connectivity index (χ4n) is 2.03. The van der Waals surface area contributed by atoms with Crippen molar-refractivity contribution in [2.75, 3.05) is 0 Å². The minimum absolute atomic E-state index is 0.171. The Kier molecular flexibility index (Phi) is 2.94. The van der Waals surface area contributed by atoms with E-state index in [0.717, 1.165) is 29.7 Å². The Morgan fingerprint density at radius 2 is 2.11 bits per heavy atom. The number of imidazole rings is 1. The van der Waals surface area contributed by atoms with Gasteiger partial charge in [0.1, 0.15) is 5.52 Å². The minimum Gasteiger partial charge on any atom is -0.340 e. The van der Waals surface area contributed by atoms with Gasteiger partial charge in [-0.2, -0.15) is 15.1 Å². The molecule has 3 heterocycles. The maximum Gasteiger partial charge on any atom is 0.226 e. The smallest absolute Gasteiger partial charge is 0.226 e. The summed E-state index contributed by atoms with van der Waals surface area (Å²) in [6.45, 7) is 4.16. The van der Waals surface area contributed by atoms with Gasteiger partial charge >= 0.3 is 0 Å². The molecule has 0 bridgehead atoms. The standard InChI is InChI=1S/C12H13ClN6/c1-3-7-5-8(4-2)19(18-7)11-9-10(15-6-14-9)16-12(13)17-11/h5-6H,3-4H2,1-2H3,(H,14,15,16,17). The van der Waals surface area contributed by atoms with E-state index >= 15 is 0 Å². The lowest BCUT2D eigenvalue weighted by Crippen LogP contribution is -2.06. The van der Waals surface area contributed by atoms with E-state index in [-0.39, 0.29) is 5.28 Å². The Hall–Kier alpha value is -1.95. The molecule has 0 saturated heterocycles. The van der Waals surface area contributed by atoms with Gasteiger partial charge in [0.2, 0.25) is 5.28 Å². The molecule has 0 saturated carbocycles. The Morgan fingerprint density at radius 1 is 1.26 bits per heavy atom. The summed E-state index contributed by atoms with van der Waals surface area (Å²) in [5, 5.41) is 4.73. The summed E-state index contributed by atoms with van der Waals surface area (Å²) < 4.78 is 1.81. The largest absolute Gasteiger partial charge is 0.340 e. The van der Waals surface area contributed by atoms with Gasteiger partial charge < -0.3 is 4.98 Å². The predicted molar refractivity (Wildman–Crippen MR) is 72.6 cm³/mol. The first-order valence-corrected chi connectivity index (χ1v) is 6.55. The number of rotatable bonds is 3. The molecule has 0 unspecified atom stereocenters. The van der Waals surface area contributed by atoms with Gasteiger partial charge in [0.05, 0.1) is 12.0 Å². The van der Waals surface area contributed by atoms with Gasteiger partial charge in [-0.25, -0.2) is 9.67 Å². The van der Waals surface area contributed by atoms with Crippen LogP contribution in [0.4, 0.5) is 0 Å². The highest BCUT2D eigenvalue weighted by atomic mass is 35.5. The highest BCUT2D eigenvalue weighted by molar-refractivity contribution is 6.28. The first kappa shape index (κ1) is 12.1. The number of nitrogens with zero attached hydrogens (tertiary/aromatic N) is 5. The third-order valence-corrected chi connectivity index (χ3v) is 3.17. The summed E-state index contributed by atoms with van der Waals surface area (Å²) in [7, 11) is 0.